The fourth-order valence-corrected chi connectivity index (χ4v) is 1.69. The molecule has 16 heavy (non-hydrogen) atoms. The number of carboxylic acids is 1. The average molecular weight is 226 g/mol. The summed E-state index contributed by atoms with van der Waals surface area (Å²) in [7, 11) is 0. The highest BCUT2D eigenvalue weighted by atomic mass is 16.4. The fourth-order valence-electron chi connectivity index (χ4n) is 1.69. The number of amides is 2. The van der Waals surface area contributed by atoms with Gasteiger partial charge in [0.1, 0.15) is 6.04 Å². The van der Waals surface area contributed by atoms with E-state index in [0.29, 0.717) is 12.0 Å². The molecule has 2 rings (SSSR count). The largest absolute Gasteiger partial charge is 0.480 e. The van der Waals surface area contributed by atoms with Crippen LogP contribution < -0.4 is 5.32 Å². The van der Waals surface area contributed by atoms with Crippen molar-refractivity contribution < 1.29 is 14.7 Å². The minimum Gasteiger partial charge on any atom is -0.480 e. The van der Waals surface area contributed by atoms with Gasteiger partial charge in [0.25, 0.3) is 0 Å². The molecule has 2 amide bonds. The molecule has 2 saturated carbocycles. The second-order valence-electron chi connectivity index (χ2n) is 4.84. The molecule has 2 fully saturated rings. The van der Waals surface area contributed by atoms with Crippen LogP contribution in [0.1, 0.15) is 32.6 Å². The normalized spacial score (nSPS) is 21.3. The highest BCUT2D eigenvalue weighted by molar-refractivity contribution is 5.82. The lowest BCUT2D eigenvalue weighted by molar-refractivity contribution is -0.138. The molecule has 0 radical (unpaired) electrons. The third kappa shape index (κ3) is 2.87. The van der Waals surface area contributed by atoms with E-state index < -0.39 is 12.0 Å². The zero-order chi connectivity index (χ0) is 11.7. The number of carboxylic acid groups (broad SMARTS) is 1. The third-order valence-corrected chi connectivity index (χ3v) is 3.11. The van der Waals surface area contributed by atoms with Crippen molar-refractivity contribution in [1.82, 2.24) is 10.2 Å². The van der Waals surface area contributed by atoms with E-state index >= 15 is 0 Å². The Hall–Kier alpha value is -1.26. The molecule has 5 nitrogen and oxygen atoms in total. The maximum absolute atomic E-state index is 11.9. The molecule has 1 unspecified atom stereocenters. The van der Waals surface area contributed by atoms with Gasteiger partial charge < -0.3 is 15.3 Å². The summed E-state index contributed by atoms with van der Waals surface area (Å²) in [5.41, 5.74) is 0. The van der Waals surface area contributed by atoms with Crippen LogP contribution in [0.25, 0.3) is 0 Å². The summed E-state index contributed by atoms with van der Waals surface area (Å²) >= 11 is 0. The van der Waals surface area contributed by atoms with Crippen molar-refractivity contribution in [2.75, 3.05) is 6.54 Å². The summed E-state index contributed by atoms with van der Waals surface area (Å²) in [5.74, 6) is -0.345. The van der Waals surface area contributed by atoms with E-state index in [1.165, 1.54) is 19.8 Å². The van der Waals surface area contributed by atoms with Gasteiger partial charge in [-0.1, -0.05) is 0 Å². The highest BCUT2D eigenvalue weighted by Gasteiger charge is 2.37. The average Bonchev–Trinajstić information content (AvgIpc) is 3.06. The van der Waals surface area contributed by atoms with Gasteiger partial charge in [0.05, 0.1) is 0 Å². The Morgan fingerprint density at radius 2 is 2.00 bits per heavy atom. The smallest absolute Gasteiger partial charge is 0.325 e. The molecular weight excluding hydrogens is 208 g/mol. The molecule has 0 aromatic rings. The second kappa shape index (κ2) is 4.31. The van der Waals surface area contributed by atoms with Crippen molar-refractivity contribution in [1.29, 1.82) is 0 Å². The molecule has 5 heteroatoms. The number of nitrogens with one attached hydrogen (secondary N) is 1. The molecular formula is C11H18N2O3. The molecule has 0 aliphatic heterocycles. The summed E-state index contributed by atoms with van der Waals surface area (Å²) in [6, 6.07) is -0.682. The van der Waals surface area contributed by atoms with E-state index in [9.17, 15) is 9.59 Å². The van der Waals surface area contributed by atoms with Gasteiger partial charge in [0, 0.05) is 12.6 Å². The number of carbonyl (C=O) groups excluding carboxylic acids is 1. The van der Waals surface area contributed by atoms with Gasteiger partial charge in [-0.15, -0.1) is 0 Å². The standard InChI is InChI=1S/C11H18N2O3/c1-7(10(14)15)12-11(16)13(9-4-5-9)6-8-2-3-8/h7-9H,2-6H2,1H3,(H,12,16)(H,14,15). The Morgan fingerprint density at radius 1 is 1.38 bits per heavy atom. The molecule has 0 spiro atoms. The quantitative estimate of drug-likeness (QED) is 0.736. The zero-order valence-electron chi connectivity index (χ0n) is 9.48. The third-order valence-electron chi connectivity index (χ3n) is 3.11. The van der Waals surface area contributed by atoms with Gasteiger partial charge in [-0.05, 0) is 38.5 Å². The summed E-state index contributed by atoms with van der Waals surface area (Å²) < 4.78 is 0. The lowest BCUT2D eigenvalue weighted by Gasteiger charge is -2.23. The van der Waals surface area contributed by atoms with Crippen LogP contribution in [0.5, 0.6) is 0 Å². The second-order valence-corrected chi connectivity index (χ2v) is 4.84. The summed E-state index contributed by atoms with van der Waals surface area (Å²) in [6.45, 7) is 2.28. The van der Waals surface area contributed by atoms with E-state index in [0.717, 1.165) is 19.4 Å². The van der Waals surface area contributed by atoms with Crippen LogP contribution in [0.2, 0.25) is 0 Å². The molecule has 2 N–H and O–H groups in total. The van der Waals surface area contributed by atoms with Crippen molar-refractivity contribution in [2.24, 2.45) is 5.92 Å². The lowest BCUT2D eigenvalue weighted by atomic mass is 10.3. The first kappa shape index (κ1) is 11.2. The minimum atomic E-state index is -0.990. The molecule has 2 aliphatic carbocycles. The topological polar surface area (TPSA) is 69.6 Å². The number of carbonyl (C=O) groups is 2. The van der Waals surface area contributed by atoms with Crippen molar-refractivity contribution in [2.45, 2.75) is 44.7 Å². The summed E-state index contributed by atoms with van der Waals surface area (Å²) in [6.07, 6.45) is 4.51. The Morgan fingerprint density at radius 3 is 2.44 bits per heavy atom. The lowest BCUT2D eigenvalue weighted by Crippen LogP contribution is -2.48. The minimum absolute atomic E-state index is 0.218. The van der Waals surface area contributed by atoms with Crippen LogP contribution in [0.3, 0.4) is 0 Å². The number of nitrogens with zero attached hydrogens (tertiary/aromatic N) is 1. The Bertz CT molecular complexity index is 298. The highest BCUT2D eigenvalue weighted by Crippen LogP contribution is 2.34. The van der Waals surface area contributed by atoms with Crippen molar-refractivity contribution in [3.8, 4) is 0 Å². The van der Waals surface area contributed by atoms with Gasteiger partial charge in [0.2, 0.25) is 0 Å². The first-order valence-corrected chi connectivity index (χ1v) is 5.88. The molecule has 0 saturated heterocycles. The van der Waals surface area contributed by atoms with Crippen molar-refractivity contribution in [3.63, 3.8) is 0 Å². The van der Waals surface area contributed by atoms with Crippen LogP contribution in [-0.4, -0.2) is 40.6 Å². The van der Waals surface area contributed by atoms with Crippen molar-refractivity contribution in [3.05, 3.63) is 0 Å². The monoisotopic (exact) mass is 226 g/mol. The first-order valence-electron chi connectivity index (χ1n) is 5.88. The Labute approximate surface area is 94.8 Å². The molecule has 1 atom stereocenters. The molecule has 0 aromatic heterocycles. The number of urea groups is 1. The number of hydrogen-bond donors (Lipinski definition) is 2. The van der Waals surface area contributed by atoms with Crippen molar-refractivity contribution >= 4 is 12.0 Å². The van der Waals surface area contributed by atoms with E-state index in [4.69, 9.17) is 5.11 Å². The van der Waals surface area contributed by atoms with Crippen LogP contribution in [0, 0.1) is 5.92 Å². The van der Waals surface area contributed by atoms with E-state index in [-0.39, 0.29) is 6.03 Å². The predicted octanol–water partition coefficient (Wildman–Crippen LogP) is 1.04. The van der Waals surface area contributed by atoms with E-state index in [1.54, 1.807) is 0 Å². The number of hydrogen-bond acceptors (Lipinski definition) is 2. The van der Waals surface area contributed by atoms with Gasteiger partial charge in [-0.2, -0.15) is 0 Å². The molecule has 0 heterocycles. The fraction of sp³-hybridized carbons (Fsp3) is 0.818. The van der Waals surface area contributed by atoms with Crippen LogP contribution >= 0.6 is 0 Å². The van der Waals surface area contributed by atoms with E-state index in [1.807, 2.05) is 4.90 Å². The van der Waals surface area contributed by atoms with Crippen LogP contribution in [0.4, 0.5) is 4.79 Å². The van der Waals surface area contributed by atoms with Gasteiger partial charge >= 0.3 is 12.0 Å². The summed E-state index contributed by atoms with van der Waals surface area (Å²) in [4.78, 5) is 24.3. The maximum atomic E-state index is 11.9. The number of aliphatic carboxylic acids is 1. The van der Waals surface area contributed by atoms with Gasteiger partial charge in [-0.3, -0.25) is 4.79 Å². The first-order chi connectivity index (χ1) is 7.58. The SMILES string of the molecule is CC(NC(=O)N(CC1CC1)C1CC1)C(=O)O. The Balaban J connectivity index is 1.85. The maximum Gasteiger partial charge on any atom is 0.325 e. The van der Waals surface area contributed by atoms with Crippen LogP contribution in [0.15, 0.2) is 0 Å². The predicted molar refractivity (Wildman–Crippen MR) is 58.1 cm³/mol. The molecule has 0 aromatic carbocycles. The molecule has 90 valence electrons. The van der Waals surface area contributed by atoms with Gasteiger partial charge in [0.15, 0.2) is 0 Å². The van der Waals surface area contributed by atoms with Gasteiger partial charge in [-0.25, -0.2) is 4.79 Å². The van der Waals surface area contributed by atoms with Crippen LogP contribution in [-0.2, 0) is 4.79 Å². The zero-order valence-corrected chi connectivity index (χ0v) is 9.48. The molecule has 0 bridgehead atoms. The number of rotatable bonds is 5. The Kier molecular flexibility index (Phi) is 3.03. The summed E-state index contributed by atoms with van der Waals surface area (Å²) in [5, 5.41) is 11.2. The molecule has 2 aliphatic rings. The van der Waals surface area contributed by atoms with E-state index in [2.05, 4.69) is 5.32 Å².